The van der Waals surface area contributed by atoms with Gasteiger partial charge in [0, 0.05) is 19.1 Å². The van der Waals surface area contributed by atoms with Gasteiger partial charge in [-0.3, -0.25) is 9.69 Å². The fourth-order valence-electron chi connectivity index (χ4n) is 5.12. The van der Waals surface area contributed by atoms with Gasteiger partial charge in [0.1, 0.15) is 6.61 Å². The summed E-state index contributed by atoms with van der Waals surface area (Å²) >= 11 is 0. The number of likely N-dealkylation sites (tertiary alicyclic amines) is 1. The molecule has 0 amide bonds. The van der Waals surface area contributed by atoms with E-state index in [-0.39, 0.29) is 24.3 Å². The van der Waals surface area contributed by atoms with Gasteiger partial charge in [0.15, 0.2) is 0 Å². The van der Waals surface area contributed by atoms with Gasteiger partial charge >= 0.3 is 5.97 Å². The van der Waals surface area contributed by atoms with E-state index in [2.05, 4.69) is 50.0 Å². The summed E-state index contributed by atoms with van der Waals surface area (Å²) in [5.74, 6) is 0.769. The van der Waals surface area contributed by atoms with E-state index in [1.165, 1.54) is 12.8 Å². The topological polar surface area (TPSA) is 29.5 Å². The molecule has 3 nitrogen and oxygen atoms in total. The lowest BCUT2D eigenvalue weighted by Gasteiger charge is -2.29. The Morgan fingerprint density at radius 1 is 1.19 bits per heavy atom. The largest absolute Gasteiger partial charge is 0.464 e. The van der Waals surface area contributed by atoms with E-state index < -0.39 is 0 Å². The van der Waals surface area contributed by atoms with Crippen molar-refractivity contribution in [3.63, 3.8) is 0 Å². The second-order valence-corrected chi connectivity index (χ2v) is 9.07. The van der Waals surface area contributed by atoms with Crippen molar-refractivity contribution >= 4 is 18.4 Å². The van der Waals surface area contributed by atoms with Crippen molar-refractivity contribution in [3.8, 4) is 0 Å². The fourth-order valence-corrected chi connectivity index (χ4v) is 5.12. The first-order valence-corrected chi connectivity index (χ1v) is 10.2. The van der Waals surface area contributed by atoms with Crippen LogP contribution in [0.3, 0.4) is 0 Å². The molecular weight excluding hydrogens is 346 g/mol. The number of carbonyl (C=O) groups excluding carboxylic acids is 1. The molecule has 1 heterocycles. The normalized spacial score (nSPS) is 31.6. The maximum absolute atomic E-state index is 12.9. The van der Waals surface area contributed by atoms with E-state index in [4.69, 9.17) is 4.74 Å². The number of rotatable bonds is 6. The highest BCUT2D eigenvalue weighted by molar-refractivity contribution is 5.85. The average Bonchev–Trinajstić information content (AvgIpc) is 3.17. The van der Waals surface area contributed by atoms with Crippen LogP contribution in [0.1, 0.15) is 59.3 Å². The van der Waals surface area contributed by atoms with Crippen molar-refractivity contribution in [2.24, 2.45) is 23.2 Å². The van der Waals surface area contributed by atoms with Crippen molar-refractivity contribution in [1.82, 2.24) is 4.90 Å². The summed E-state index contributed by atoms with van der Waals surface area (Å²) in [5.41, 5.74) is 0.382. The summed E-state index contributed by atoms with van der Waals surface area (Å²) < 4.78 is 5.80. The lowest BCUT2D eigenvalue weighted by molar-refractivity contribution is -0.152. The number of hydrogen-bond donors (Lipinski definition) is 0. The van der Waals surface area contributed by atoms with E-state index >= 15 is 0 Å². The van der Waals surface area contributed by atoms with Gasteiger partial charge in [-0.25, -0.2) is 0 Å². The van der Waals surface area contributed by atoms with Crippen LogP contribution in [0.5, 0.6) is 0 Å². The molecule has 2 aliphatic carbocycles. The molecule has 3 aliphatic rings. The van der Waals surface area contributed by atoms with Gasteiger partial charge in [-0.05, 0) is 62.7 Å². The molecule has 0 saturated carbocycles. The summed E-state index contributed by atoms with van der Waals surface area (Å²) in [6.45, 7) is 9.44. The maximum Gasteiger partial charge on any atom is 0.310 e. The number of halogens is 1. The highest BCUT2D eigenvalue weighted by atomic mass is 35.5. The molecule has 0 aromatic heterocycles. The summed E-state index contributed by atoms with van der Waals surface area (Å²) in [4.78, 5) is 15.4. The molecule has 1 aliphatic heterocycles. The Hall–Kier alpha value is -0.800. The third kappa shape index (κ3) is 5.36. The molecule has 0 bridgehead atoms. The van der Waals surface area contributed by atoms with Crippen molar-refractivity contribution in [2.75, 3.05) is 19.7 Å². The van der Waals surface area contributed by atoms with Crippen LogP contribution < -0.4 is 0 Å². The number of hydrogen-bond acceptors (Lipinski definition) is 3. The molecule has 0 spiro atoms. The van der Waals surface area contributed by atoms with E-state index in [9.17, 15) is 4.79 Å². The molecule has 1 saturated heterocycles. The molecule has 0 aromatic carbocycles. The van der Waals surface area contributed by atoms with Crippen LogP contribution in [-0.4, -0.2) is 36.6 Å². The Morgan fingerprint density at radius 3 is 2.46 bits per heavy atom. The second-order valence-electron chi connectivity index (χ2n) is 9.07. The molecule has 1 fully saturated rings. The number of carbonyl (C=O) groups is 1. The first-order chi connectivity index (χ1) is 12.0. The smallest absolute Gasteiger partial charge is 0.310 e. The van der Waals surface area contributed by atoms with Crippen molar-refractivity contribution in [1.29, 1.82) is 0 Å². The monoisotopic (exact) mass is 381 g/mol. The average molecular weight is 382 g/mol. The first-order valence-electron chi connectivity index (χ1n) is 10.2. The predicted octanol–water partition coefficient (Wildman–Crippen LogP) is 5.01. The predicted molar refractivity (Wildman–Crippen MR) is 109 cm³/mol. The van der Waals surface area contributed by atoms with Crippen molar-refractivity contribution in [3.05, 3.63) is 24.3 Å². The standard InChI is InChI=1S/C22H35NO2.ClH/c1-17-15-22(2,3)16-23(17)13-14-25-21(24)20(19-11-7-8-12-19)18-9-5-4-6-10-18;/h5,7,9,11,17-20H,4,6,8,10,12-16H2,1-3H3;1H. The van der Waals surface area contributed by atoms with Crippen LogP contribution in [0.15, 0.2) is 24.3 Å². The summed E-state index contributed by atoms with van der Waals surface area (Å²) in [6.07, 6.45) is 15.9. The van der Waals surface area contributed by atoms with E-state index in [1.54, 1.807) is 0 Å². The third-order valence-corrected chi connectivity index (χ3v) is 6.26. The number of ether oxygens (including phenoxy) is 1. The lowest BCUT2D eigenvalue weighted by Crippen LogP contribution is -2.35. The van der Waals surface area contributed by atoms with Crippen molar-refractivity contribution in [2.45, 2.75) is 65.3 Å². The van der Waals surface area contributed by atoms with Gasteiger partial charge in [0.05, 0.1) is 5.92 Å². The molecule has 0 radical (unpaired) electrons. The van der Waals surface area contributed by atoms with Crippen LogP contribution in [0.4, 0.5) is 0 Å². The summed E-state index contributed by atoms with van der Waals surface area (Å²) in [6, 6.07) is 0.587. The molecule has 26 heavy (non-hydrogen) atoms. The van der Waals surface area contributed by atoms with E-state index in [0.717, 1.165) is 38.8 Å². The summed E-state index contributed by atoms with van der Waals surface area (Å²) in [5, 5.41) is 0. The third-order valence-electron chi connectivity index (χ3n) is 6.26. The van der Waals surface area contributed by atoms with Gasteiger partial charge in [-0.1, -0.05) is 38.2 Å². The van der Waals surface area contributed by atoms with Crippen molar-refractivity contribution < 1.29 is 9.53 Å². The number of nitrogens with zero attached hydrogens (tertiary/aromatic N) is 1. The Labute approximate surface area is 165 Å². The highest BCUT2D eigenvalue weighted by Gasteiger charge is 2.37. The molecule has 4 unspecified atom stereocenters. The molecule has 0 N–H and O–H groups in total. The minimum Gasteiger partial charge on any atom is -0.464 e. The van der Waals surface area contributed by atoms with Gasteiger partial charge < -0.3 is 4.74 Å². The number of esters is 1. The molecule has 4 atom stereocenters. The van der Waals surface area contributed by atoms with E-state index in [0.29, 0.717) is 29.9 Å². The minimum atomic E-state index is 0. The molecule has 148 valence electrons. The Morgan fingerprint density at radius 2 is 1.88 bits per heavy atom. The Bertz CT molecular complexity index is 528. The summed E-state index contributed by atoms with van der Waals surface area (Å²) in [7, 11) is 0. The molecule has 3 rings (SSSR count). The zero-order chi connectivity index (χ0) is 17.9. The Kier molecular flexibility index (Phi) is 7.78. The van der Waals surface area contributed by atoms with Gasteiger partial charge in [-0.15, -0.1) is 12.4 Å². The van der Waals surface area contributed by atoms with Crippen LogP contribution in [0, 0.1) is 23.2 Å². The molecular formula is C22H36ClNO2. The highest BCUT2D eigenvalue weighted by Crippen LogP contribution is 2.37. The molecule has 0 aromatic rings. The van der Waals surface area contributed by atoms with Gasteiger partial charge in [0.2, 0.25) is 0 Å². The zero-order valence-electron chi connectivity index (χ0n) is 16.7. The Balaban J connectivity index is 0.00000243. The maximum atomic E-state index is 12.9. The lowest BCUT2D eigenvalue weighted by atomic mass is 9.77. The van der Waals surface area contributed by atoms with E-state index in [1.807, 2.05) is 0 Å². The zero-order valence-corrected chi connectivity index (χ0v) is 17.5. The van der Waals surface area contributed by atoms with Crippen LogP contribution in [-0.2, 0) is 9.53 Å². The van der Waals surface area contributed by atoms with Gasteiger partial charge in [0.25, 0.3) is 0 Å². The first kappa shape index (κ1) is 21.5. The van der Waals surface area contributed by atoms with Gasteiger partial charge in [-0.2, -0.15) is 0 Å². The number of allylic oxidation sites excluding steroid dienone is 4. The van der Waals surface area contributed by atoms with Crippen LogP contribution >= 0.6 is 12.4 Å². The fraction of sp³-hybridized carbons (Fsp3) is 0.773. The van der Waals surface area contributed by atoms with Crippen LogP contribution in [0.25, 0.3) is 0 Å². The quantitative estimate of drug-likeness (QED) is 0.478. The second kappa shape index (κ2) is 9.41. The minimum absolute atomic E-state index is 0. The molecule has 4 heteroatoms. The SMILES string of the molecule is CC1CC(C)(C)CN1CCOC(=O)C(C1C=CCC1)C1C=CCCC1.Cl. The van der Waals surface area contributed by atoms with Crippen LogP contribution in [0.2, 0.25) is 0 Å².